The maximum absolute atomic E-state index is 13.1. The van der Waals surface area contributed by atoms with E-state index in [9.17, 15) is 9.18 Å². The quantitative estimate of drug-likeness (QED) is 0.723. The fourth-order valence-corrected chi connectivity index (χ4v) is 2.43. The second-order valence-electron chi connectivity index (χ2n) is 5.76. The summed E-state index contributed by atoms with van der Waals surface area (Å²) in [4.78, 5) is 11.7. The van der Waals surface area contributed by atoms with Gasteiger partial charge >= 0.3 is 6.03 Å². The van der Waals surface area contributed by atoms with Crippen molar-refractivity contribution < 1.29 is 18.7 Å². The molecule has 1 aromatic carbocycles. The molecule has 0 radical (unpaired) electrons. The Hall–Kier alpha value is -1.66. The number of nitrogens with one attached hydrogen (secondary N) is 2. The molecule has 2 amide bonds. The first-order valence-corrected chi connectivity index (χ1v) is 8.11. The number of amides is 2. The van der Waals surface area contributed by atoms with Crippen molar-refractivity contribution in [2.45, 2.75) is 38.8 Å². The van der Waals surface area contributed by atoms with Gasteiger partial charge in [-0.3, -0.25) is 0 Å². The van der Waals surface area contributed by atoms with E-state index >= 15 is 0 Å². The molecule has 6 heteroatoms. The van der Waals surface area contributed by atoms with E-state index in [1.165, 1.54) is 6.07 Å². The summed E-state index contributed by atoms with van der Waals surface area (Å²) in [5.74, 6) is -0.235. The summed E-state index contributed by atoms with van der Waals surface area (Å²) >= 11 is 0. The summed E-state index contributed by atoms with van der Waals surface area (Å²) in [5, 5.41) is 5.52. The molecule has 0 bridgehead atoms. The molecule has 1 fully saturated rings. The molecule has 0 saturated carbocycles. The first kappa shape index (κ1) is 17.7. The molecule has 1 saturated heterocycles. The topological polar surface area (TPSA) is 59.6 Å². The van der Waals surface area contributed by atoms with Gasteiger partial charge in [0.25, 0.3) is 0 Å². The molecule has 2 N–H and O–H groups in total. The predicted molar refractivity (Wildman–Crippen MR) is 85.8 cm³/mol. The largest absolute Gasteiger partial charge is 0.379 e. The number of hydrogen-bond acceptors (Lipinski definition) is 3. The van der Waals surface area contributed by atoms with E-state index < -0.39 is 0 Å². The van der Waals surface area contributed by atoms with Crippen LogP contribution in [0.2, 0.25) is 0 Å². The van der Waals surface area contributed by atoms with Crippen molar-refractivity contribution in [3.8, 4) is 0 Å². The lowest BCUT2D eigenvalue weighted by Gasteiger charge is -2.11. The Morgan fingerprint density at radius 2 is 2.30 bits per heavy atom. The molecule has 1 heterocycles. The maximum Gasteiger partial charge on any atom is 0.315 e. The zero-order chi connectivity index (χ0) is 16.5. The molecule has 0 aromatic heterocycles. The second-order valence-corrected chi connectivity index (χ2v) is 5.76. The number of hydrogen-bond donors (Lipinski definition) is 2. The van der Waals surface area contributed by atoms with Gasteiger partial charge in [0, 0.05) is 26.3 Å². The third kappa shape index (κ3) is 6.54. The van der Waals surface area contributed by atoms with Crippen LogP contribution in [0.3, 0.4) is 0 Å². The van der Waals surface area contributed by atoms with Gasteiger partial charge in [-0.05, 0) is 43.4 Å². The van der Waals surface area contributed by atoms with Crippen LogP contribution in [-0.2, 0) is 16.0 Å². The summed E-state index contributed by atoms with van der Waals surface area (Å²) in [6.45, 7) is 4.72. The Morgan fingerprint density at radius 1 is 1.43 bits per heavy atom. The van der Waals surface area contributed by atoms with Crippen molar-refractivity contribution in [1.82, 2.24) is 10.6 Å². The van der Waals surface area contributed by atoms with Gasteiger partial charge in [0.05, 0.1) is 12.7 Å². The van der Waals surface area contributed by atoms with Crippen LogP contribution in [0.5, 0.6) is 0 Å². The van der Waals surface area contributed by atoms with Crippen LogP contribution in [-0.4, -0.2) is 38.5 Å². The van der Waals surface area contributed by atoms with E-state index in [1.807, 2.05) is 0 Å². The Morgan fingerprint density at radius 3 is 3.04 bits per heavy atom. The number of carbonyl (C=O) groups is 1. The Kier molecular flexibility index (Phi) is 7.29. The number of rotatable bonds is 8. The molecule has 1 unspecified atom stereocenters. The van der Waals surface area contributed by atoms with Crippen LogP contribution in [0.1, 0.15) is 30.4 Å². The summed E-state index contributed by atoms with van der Waals surface area (Å²) in [5.41, 5.74) is 1.45. The monoisotopic (exact) mass is 324 g/mol. The smallest absolute Gasteiger partial charge is 0.315 e. The van der Waals surface area contributed by atoms with Crippen molar-refractivity contribution in [1.29, 1.82) is 0 Å². The van der Waals surface area contributed by atoms with Crippen LogP contribution in [0.25, 0.3) is 0 Å². The fourth-order valence-electron chi connectivity index (χ4n) is 2.43. The van der Waals surface area contributed by atoms with Crippen LogP contribution in [0, 0.1) is 12.7 Å². The number of ether oxygens (including phenoxy) is 2. The van der Waals surface area contributed by atoms with E-state index in [4.69, 9.17) is 9.47 Å². The highest BCUT2D eigenvalue weighted by Gasteiger charge is 2.14. The van der Waals surface area contributed by atoms with E-state index in [0.29, 0.717) is 31.9 Å². The Labute approximate surface area is 136 Å². The van der Waals surface area contributed by atoms with Gasteiger partial charge in [-0.2, -0.15) is 0 Å². The molecule has 1 aliphatic rings. The van der Waals surface area contributed by atoms with Crippen LogP contribution >= 0.6 is 0 Å². The molecule has 1 aliphatic heterocycles. The third-order valence-corrected chi connectivity index (χ3v) is 3.75. The number of halogens is 1. The zero-order valence-electron chi connectivity index (χ0n) is 13.6. The minimum atomic E-state index is -0.235. The normalized spacial score (nSPS) is 17.2. The molecule has 5 nitrogen and oxygen atoms in total. The van der Waals surface area contributed by atoms with E-state index in [0.717, 1.165) is 31.4 Å². The molecule has 2 rings (SSSR count). The summed E-state index contributed by atoms with van der Waals surface area (Å²) in [6, 6.07) is 4.58. The second kappa shape index (κ2) is 9.47. The minimum Gasteiger partial charge on any atom is -0.379 e. The van der Waals surface area contributed by atoms with Gasteiger partial charge in [0.15, 0.2) is 0 Å². The van der Waals surface area contributed by atoms with Gasteiger partial charge < -0.3 is 20.1 Å². The SMILES string of the molecule is Cc1cc(CNC(=O)NCCCOCC2CCCO2)ccc1F. The highest BCUT2D eigenvalue weighted by Crippen LogP contribution is 2.11. The lowest BCUT2D eigenvalue weighted by Crippen LogP contribution is -2.36. The lowest BCUT2D eigenvalue weighted by molar-refractivity contribution is 0.0168. The summed E-state index contributed by atoms with van der Waals surface area (Å²) in [6.07, 6.45) is 3.19. The zero-order valence-corrected chi connectivity index (χ0v) is 13.6. The number of carbonyl (C=O) groups excluding carboxylic acids is 1. The molecule has 1 atom stereocenters. The first-order valence-electron chi connectivity index (χ1n) is 8.11. The highest BCUT2D eigenvalue weighted by molar-refractivity contribution is 5.73. The first-order chi connectivity index (χ1) is 11.1. The predicted octanol–water partition coefficient (Wildman–Crippen LogP) is 2.52. The molecular weight excluding hydrogens is 299 g/mol. The van der Waals surface area contributed by atoms with Crippen LogP contribution < -0.4 is 10.6 Å². The molecule has 0 aliphatic carbocycles. The van der Waals surface area contributed by atoms with E-state index in [-0.39, 0.29) is 18.0 Å². The lowest BCUT2D eigenvalue weighted by atomic mass is 10.1. The molecule has 0 spiro atoms. The summed E-state index contributed by atoms with van der Waals surface area (Å²) < 4.78 is 24.1. The number of aryl methyl sites for hydroxylation is 1. The van der Waals surface area contributed by atoms with Crippen molar-refractivity contribution in [3.05, 3.63) is 35.1 Å². The number of urea groups is 1. The van der Waals surface area contributed by atoms with E-state index in [1.54, 1.807) is 19.1 Å². The van der Waals surface area contributed by atoms with Gasteiger partial charge in [0.2, 0.25) is 0 Å². The Bertz CT molecular complexity index is 505. The number of benzene rings is 1. The Balaban J connectivity index is 1.50. The van der Waals surface area contributed by atoms with Gasteiger partial charge in [-0.15, -0.1) is 0 Å². The van der Waals surface area contributed by atoms with Gasteiger partial charge in [-0.25, -0.2) is 9.18 Å². The summed E-state index contributed by atoms with van der Waals surface area (Å²) in [7, 11) is 0. The van der Waals surface area contributed by atoms with Crippen LogP contribution in [0.15, 0.2) is 18.2 Å². The van der Waals surface area contributed by atoms with Crippen LogP contribution in [0.4, 0.5) is 9.18 Å². The highest BCUT2D eigenvalue weighted by atomic mass is 19.1. The average Bonchev–Trinajstić information content (AvgIpc) is 3.05. The van der Waals surface area contributed by atoms with Crippen molar-refractivity contribution >= 4 is 6.03 Å². The average molecular weight is 324 g/mol. The van der Waals surface area contributed by atoms with Gasteiger partial charge in [0.1, 0.15) is 5.82 Å². The standard InChI is InChI=1S/C17H25FN2O3/c1-13-10-14(5-6-16(13)18)11-20-17(21)19-7-3-8-22-12-15-4-2-9-23-15/h5-6,10,15H,2-4,7-9,11-12H2,1H3,(H2,19,20,21). The third-order valence-electron chi connectivity index (χ3n) is 3.75. The maximum atomic E-state index is 13.1. The molecule has 128 valence electrons. The fraction of sp³-hybridized carbons (Fsp3) is 0.588. The molecule has 23 heavy (non-hydrogen) atoms. The van der Waals surface area contributed by atoms with E-state index in [2.05, 4.69) is 10.6 Å². The van der Waals surface area contributed by atoms with Gasteiger partial charge in [-0.1, -0.05) is 12.1 Å². The molecule has 1 aromatic rings. The minimum absolute atomic E-state index is 0.230. The van der Waals surface area contributed by atoms with Crippen molar-refractivity contribution in [3.63, 3.8) is 0 Å². The van der Waals surface area contributed by atoms with Crippen molar-refractivity contribution in [2.24, 2.45) is 0 Å². The molecular formula is C17H25FN2O3. The van der Waals surface area contributed by atoms with Crippen molar-refractivity contribution in [2.75, 3.05) is 26.4 Å².